The molecule has 2 fully saturated rings. The van der Waals surface area contributed by atoms with Crippen LogP contribution in [-0.2, 0) is 9.59 Å². The maximum atomic E-state index is 13.6. The van der Waals surface area contributed by atoms with Crippen molar-refractivity contribution in [1.82, 2.24) is 20.4 Å². The van der Waals surface area contributed by atoms with Crippen LogP contribution in [0.4, 0.5) is 28.9 Å². The predicted octanol–water partition coefficient (Wildman–Crippen LogP) is 7.04. The summed E-state index contributed by atoms with van der Waals surface area (Å²) >= 11 is 0. The number of nitrogens with two attached hydrogens (primary N) is 1. The lowest BCUT2D eigenvalue weighted by Crippen LogP contribution is -2.47. The van der Waals surface area contributed by atoms with E-state index in [0.29, 0.717) is 35.3 Å². The fraction of sp³-hybridized carbons (Fsp3) is 0.440. The third-order valence-corrected chi connectivity index (χ3v) is 12.0. The first kappa shape index (κ1) is 50.0. The number of carbonyl (C=O) groups is 3. The SMILES string of the molecule is CC(C)C(C(=O)NCCCN1CCN(c2ccccc2C#N)CC1)c1ccc(F)c(F)c1.CC(C)C(C(=O)NCCCN1CCN(c2ccccc2C(N)=O)CC1)c1ccc(F)c(F)c1. The summed E-state index contributed by atoms with van der Waals surface area (Å²) in [7, 11) is 0. The Hall–Kier alpha value is -5.98. The number of carbonyl (C=O) groups excluding carboxylic acids is 3. The number of nitriles is 1. The molecule has 0 bridgehead atoms. The second kappa shape index (κ2) is 24.3. The van der Waals surface area contributed by atoms with E-state index in [1.807, 2.05) is 70.2 Å². The molecular formula is C50H62F4N8O3. The molecule has 4 aromatic carbocycles. The summed E-state index contributed by atoms with van der Waals surface area (Å²) in [5.74, 6) is -5.60. The number of primary amides is 1. The fourth-order valence-corrected chi connectivity index (χ4v) is 8.56. The van der Waals surface area contributed by atoms with Gasteiger partial charge in [-0.1, -0.05) is 64.1 Å². The summed E-state index contributed by atoms with van der Waals surface area (Å²) in [5.41, 5.74) is 9.56. The van der Waals surface area contributed by atoms with Crippen LogP contribution in [0, 0.1) is 46.4 Å². The third kappa shape index (κ3) is 14.0. The van der Waals surface area contributed by atoms with Crippen molar-refractivity contribution in [3.63, 3.8) is 0 Å². The van der Waals surface area contributed by atoms with Gasteiger partial charge in [0.1, 0.15) is 6.07 Å². The lowest BCUT2D eigenvalue weighted by atomic mass is 9.87. The smallest absolute Gasteiger partial charge is 0.250 e. The largest absolute Gasteiger partial charge is 0.368 e. The number of amides is 3. The van der Waals surface area contributed by atoms with Gasteiger partial charge in [0.25, 0.3) is 5.91 Å². The van der Waals surface area contributed by atoms with Gasteiger partial charge in [0.15, 0.2) is 23.3 Å². The molecule has 2 atom stereocenters. The number of nitrogens with one attached hydrogen (secondary N) is 2. The van der Waals surface area contributed by atoms with Gasteiger partial charge in [-0.25, -0.2) is 17.6 Å². The van der Waals surface area contributed by atoms with Gasteiger partial charge in [-0.2, -0.15) is 5.26 Å². The van der Waals surface area contributed by atoms with Gasteiger partial charge in [-0.15, -0.1) is 0 Å². The number of nitrogens with zero attached hydrogens (tertiary/aromatic N) is 5. The van der Waals surface area contributed by atoms with Crippen LogP contribution in [0.3, 0.4) is 0 Å². The molecule has 2 aliphatic rings. The Morgan fingerprint density at radius 3 is 1.43 bits per heavy atom. The molecule has 348 valence electrons. The van der Waals surface area contributed by atoms with Crippen LogP contribution in [0.1, 0.15) is 79.4 Å². The molecule has 0 saturated carbocycles. The zero-order valence-electron chi connectivity index (χ0n) is 37.8. The second-order valence-corrected chi connectivity index (χ2v) is 17.2. The van der Waals surface area contributed by atoms with E-state index in [-0.39, 0.29) is 23.7 Å². The first-order chi connectivity index (χ1) is 31.2. The topological polar surface area (TPSA) is 138 Å². The highest BCUT2D eigenvalue weighted by molar-refractivity contribution is 5.98. The summed E-state index contributed by atoms with van der Waals surface area (Å²) in [5, 5.41) is 15.2. The van der Waals surface area contributed by atoms with Crippen molar-refractivity contribution in [3.8, 4) is 6.07 Å². The van der Waals surface area contributed by atoms with Gasteiger partial charge in [0, 0.05) is 71.1 Å². The van der Waals surface area contributed by atoms with E-state index in [4.69, 9.17) is 5.73 Å². The highest BCUT2D eigenvalue weighted by atomic mass is 19.2. The third-order valence-electron chi connectivity index (χ3n) is 12.0. The van der Waals surface area contributed by atoms with Gasteiger partial charge < -0.3 is 26.2 Å². The molecule has 0 radical (unpaired) electrons. The Bertz CT molecular complexity index is 2250. The molecule has 2 unspecified atom stereocenters. The summed E-state index contributed by atoms with van der Waals surface area (Å²) in [6.07, 6.45) is 1.59. The number of halogens is 4. The normalized spacial score (nSPS) is 15.5. The van der Waals surface area contributed by atoms with Crippen molar-refractivity contribution in [3.05, 3.63) is 130 Å². The fourth-order valence-electron chi connectivity index (χ4n) is 8.56. The standard InChI is InChI=1S/C25H32F2N4O2.C25H30F2N4O/c1-17(2)23(18-8-9-20(26)21(27)16-18)25(33)29-10-5-11-30-12-14-31(15-13-30)22-7-4-3-6-19(22)24(28)32;1-18(2)24(19-8-9-21(26)22(27)16-19)25(32)29-10-5-11-30-12-14-31(15-13-30)23-7-4-3-6-20(23)17-28/h3-4,6-9,16-17,23H,5,10-15H2,1-2H3,(H2,28,32)(H,29,33);3-4,6-9,16,18,24H,5,10-15H2,1-2H3,(H,29,32). The van der Waals surface area contributed by atoms with E-state index in [0.717, 1.165) is 114 Å². The number of anilines is 2. The molecule has 4 N–H and O–H groups in total. The van der Waals surface area contributed by atoms with E-state index in [9.17, 15) is 37.2 Å². The van der Waals surface area contributed by atoms with E-state index >= 15 is 0 Å². The summed E-state index contributed by atoms with van der Waals surface area (Å²) in [4.78, 5) is 46.2. The van der Waals surface area contributed by atoms with Crippen molar-refractivity contribution in [2.45, 2.75) is 52.4 Å². The molecule has 11 nitrogen and oxygen atoms in total. The Kier molecular flexibility index (Phi) is 18.7. The highest BCUT2D eigenvalue weighted by Crippen LogP contribution is 2.28. The van der Waals surface area contributed by atoms with Crippen molar-refractivity contribution in [1.29, 1.82) is 5.26 Å². The van der Waals surface area contributed by atoms with Gasteiger partial charge >= 0.3 is 0 Å². The quantitative estimate of drug-likeness (QED) is 0.0759. The lowest BCUT2D eigenvalue weighted by molar-refractivity contribution is -0.124. The van der Waals surface area contributed by atoms with Crippen LogP contribution in [0.5, 0.6) is 0 Å². The summed E-state index contributed by atoms with van der Waals surface area (Å²) in [6, 6.07) is 24.6. The molecule has 2 heterocycles. The average Bonchev–Trinajstić information content (AvgIpc) is 3.29. The van der Waals surface area contributed by atoms with Crippen molar-refractivity contribution in [2.24, 2.45) is 17.6 Å². The molecule has 3 amide bonds. The average molecular weight is 899 g/mol. The molecule has 65 heavy (non-hydrogen) atoms. The maximum Gasteiger partial charge on any atom is 0.250 e. The van der Waals surface area contributed by atoms with Gasteiger partial charge in [0.2, 0.25) is 11.8 Å². The first-order valence-corrected chi connectivity index (χ1v) is 22.5. The molecule has 15 heteroatoms. The zero-order valence-corrected chi connectivity index (χ0v) is 37.8. The van der Waals surface area contributed by atoms with Crippen LogP contribution in [0.2, 0.25) is 0 Å². The highest BCUT2D eigenvalue weighted by Gasteiger charge is 2.27. The zero-order chi connectivity index (χ0) is 47.0. The number of benzene rings is 4. The maximum absolute atomic E-state index is 13.6. The minimum atomic E-state index is -0.941. The monoisotopic (exact) mass is 898 g/mol. The van der Waals surface area contributed by atoms with E-state index in [1.54, 1.807) is 6.07 Å². The second-order valence-electron chi connectivity index (χ2n) is 17.2. The Labute approximate surface area is 380 Å². The molecular weight excluding hydrogens is 837 g/mol. The first-order valence-electron chi connectivity index (χ1n) is 22.5. The van der Waals surface area contributed by atoms with E-state index < -0.39 is 41.0 Å². The number of piperazine rings is 2. The van der Waals surface area contributed by atoms with Gasteiger partial charge in [-0.05, 0) is 97.4 Å². The van der Waals surface area contributed by atoms with Crippen molar-refractivity contribution < 1.29 is 31.9 Å². The van der Waals surface area contributed by atoms with Crippen LogP contribution in [0.15, 0.2) is 84.9 Å². The molecule has 4 aromatic rings. The van der Waals surface area contributed by atoms with Gasteiger partial charge in [0.05, 0.1) is 28.7 Å². The van der Waals surface area contributed by atoms with Crippen LogP contribution < -0.4 is 26.2 Å². The summed E-state index contributed by atoms with van der Waals surface area (Å²) < 4.78 is 53.8. The van der Waals surface area contributed by atoms with E-state index in [2.05, 4.69) is 36.3 Å². The predicted molar refractivity (Wildman–Crippen MR) is 247 cm³/mol. The van der Waals surface area contributed by atoms with Crippen LogP contribution in [-0.4, -0.2) is 106 Å². The Morgan fingerprint density at radius 2 is 1.02 bits per heavy atom. The lowest BCUT2D eigenvalue weighted by Gasteiger charge is -2.36. The van der Waals surface area contributed by atoms with Gasteiger partial charge in [-0.3, -0.25) is 24.2 Å². The molecule has 2 aliphatic heterocycles. The minimum absolute atomic E-state index is 0.0378. The Balaban J connectivity index is 0.000000244. The number of rotatable bonds is 17. The minimum Gasteiger partial charge on any atom is -0.368 e. The molecule has 0 aliphatic carbocycles. The van der Waals surface area contributed by atoms with Crippen molar-refractivity contribution in [2.75, 3.05) is 88.3 Å². The summed E-state index contributed by atoms with van der Waals surface area (Å²) in [6.45, 7) is 17.1. The number of para-hydroxylation sites is 2. The number of hydrogen-bond donors (Lipinski definition) is 3. The van der Waals surface area contributed by atoms with Crippen molar-refractivity contribution >= 4 is 29.1 Å². The molecule has 0 spiro atoms. The molecule has 6 rings (SSSR count). The molecule has 2 saturated heterocycles. The molecule has 0 aromatic heterocycles. The van der Waals surface area contributed by atoms with Crippen LogP contribution in [0.25, 0.3) is 0 Å². The number of hydrogen-bond acceptors (Lipinski definition) is 8. The van der Waals surface area contributed by atoms with E-state index in [1.165, 1.54) is 12.1 Å². The van der Waals surface area contributed by atoms with Crippen LogP contribution >= 0.6 is 0 Å². The Morgan fingerprint density at radius 1 is 0.600 bits per heavy atom.